The van der Waals surface area contributed by atoms with Gasteiger partial charge in [-0.05, 0) is 48.5 Å². The molecular formula is C30H19FN2. The Balaban J connectivity index is 1.59. The molecule has 2 aromatic heterocycles. The van der Waals surface area contributed by atoms with Crippen LogP contribution in [0.3, 0.4) is 0 Å². The predicted molar refractivity (Wildman–Crippen MR) is 135 cm³/mol. The van der Waals surface area contributed by atoms with Gasteiger partial charge in [0.1, 0.15) is 5.82 Å². The quantitative estimate of drug-likeness (QED) is 0.265. The minimum Gasteiger partial charge on any atom is -0.309 e. The largest absolute Gasteiger partial charge is 0.309 e. The van der Waals surface area contributed by atoms with Crippen molar-refractivity contribution in [3.8, 4) is 11.4 Å². The van der Waals surface area contributed by atoms with Gasteiger partial charge in [-0.3, -0.25) is 0 Å². The lowest BCUT2D eigenvalue weighted by atomic mass is 10.1. The molecule has 7 aromatic rings. The van der Waals surface area contributed by atoms with Crippen molar-refractivity contribution < 1.29 is 4.39 Å². The highest BCUT2D eigenvalue weighted by atomic mass is 19.1. The third-order valence-corrected chi connectivity index (χ3v) is 6.59. The zero-order valence-corrected chi connectivity index (χ0v) is 17.7. The summed E-state index contributed by atoms with van der Waals surface area (Å²) < 4.78 is 19.2. The van der Waals surface area contributed by atoms with E-state index in [-0.39, 0.29) is 5.82 Å². The fourth-order valence-electron chi connectivity index (χ4n) is 5.19. The Labute approximate surface area is 189 Å². The van der Waals surface area contributed by atoms with Crippen molar-refractivity contribution in [1.82, 2.24) is 9.13 Å². The molecular weight excluding hydrogens is 407 g/mol. The normalized spacial score (nSPS) is 11.8. The molecule has 5 aromatic carbocycles. The molecule has 0 N–H and O–H groups in total. The highest BCUT2D eigenvalue weighted by Gasteiger charge is 2.17. The first kappa shape index (κ1) is 18.2. The molecule has 0 unspecified atom stereocenters. The lowest BCUT2D eigenvalue weighted by molar-refractivity contribution is 0.621. The van der Waals surface area contributed by atoms with Crippen LogP contribution in [-0.2, 0) is 0 Å². The van der Waals surface area contributed by atoms with Gasteiger partial charge in [0.15, 0.2) is 0 Å². The van der Waals surface area contributed by atoms with E-state index >= 15 is 0 Å². The van der Waals surface area contributed by atoms with Gasteiger partial charge in [0, 0.05) is 27.2 Å². The molecule has 2 nitrogen and oxygen atoms in total. The molecule has 156 valence electrons. The lowest BCUT2D eigenvalue weighted by Gasteiger charge is -2.10. The molecule has 7 rings (SSSR count). The van der Waals surface area contributed by atoms with E-state index in [0.717, 1.165) is 27.5 Å². The Kier molecular flexibility index (Phi) is 3.76. The van der Waals surface area contributed by atoms with Gasteiger partial charge in [0.2, 0.25) is 0 Å². The van der Waals surface area contributed by atoms with Crippen molar-refractivity contribution >= 4 is 43.6 Å². The maximum absolute atomic E-state index is 14.8. The number of para-hydroxylation sites is 4. The van der Waals surface area contributed by atoms with Gasteiger partial charge in [-0.1, -0.05) is 66.7 Å². The summed E-state index contributed by atoms with van der Waals surface area (Å²) in [4.78, 5) is 0. The molecule has 0 radical (unpaired) electrons. The van der Waals surface area contributed by atoms with Crippen LogP contribution < -0.4 is 0 Å². The van der Waals surface area contributed by atoms with E-state index < -0.39 is 0 Å². The van der Waals surface area contributed by atoms with Crippen molar-refractivity contribution in [3.05, 3.63) is 121 Å². The second kappa shape index (κ2) is 6.81. The maximum atomic E-state index is 14.8. The van der Waals surface area contributed by atoms with Gasteiger partial charge in [0.05, 0.1) is 27.8 Å². The zero-order valence-electron chi connectivity index (χ0n) is 17.7. The number of halogens is 1. The standard InChI is InChI=1S/C30H19FN2/c31-25-12-4-8-16-30(25)33-28-15-7-3-11-23(28)24-19-20(17-18-29(24)33)32-26-13-5-1-9-21(26)22-10-2-6-14-27(22)32/h1-19H. The van der Waals surface area contributed by atoms with Gasteiger partial charge < -0.3 is 9.13 Å². The van der Waals surface area contributed by atoms with Gasteiger partial charge in [-0.15, -0.1) is 0 Å². The SMILES string of the molecule is Fc1ccccc1-n1c2ccccc2c2cc(-n3c4ccccc4c4ccccc43)ccc21. The Bertz CT molecular complexity index is 1780. The molecule has 0 aliphatic heterocycles. The Hall–Kier alpha value is -4.37. The molecule has 0 saturated carbocycles. The number of hydrogen-bond acceptors (Lipinski definition) is 0. The summed E-state index contributed by atoms with van der Waals surface area (Å²) in [6.45, 7) is 0. The van der Waals surface area contributed by atoms with E-state index in [9.17, 15) is 4.39 Å². The van der Waals surface area contributed by atoms with Crippen LogP contribution in [0, 0.1) is 5.82 Å². The Morgan fingerprint density at radius 3 is 1.55 bits per heavy atom. The highest BCUT2D eigenvalue weighted by Crippen LogP contribution is 2.36. The summed E-state index contributed by atoms with van der Waals surface area (Å²) in [5.41, 5.74) is 6.00. The number of rotatable bonds is 2. The van der Waals surface area contributed by atoms with Crippen molar-refractivity contribution in [2.45, 2.75) is 0 Å². The fraction of sp³-hybridized carbons (Fsp3) is 0. The van der Waals surface area contributed by atoms with Crippen LogP contribution >= 0.6 is 0 Å². The summed E-state index contributed by atoms with van der Waals surface area (Å²) in [7, 11) is 0. The minimum atomic E-state index is -0.230. The van der Waals surface area contributed by atoms with E-state index in [0.29, 0.717) is 5.69 Å². The number of hydrogen-bond donors (Lipinski definition) is 0. The smallest absolute Gasteiger partial charge is 0.147 e. The fourth-order valence-corrected chi connectivity index (χ4v) is 5.19. The third-order valence-electron chi connectivity index (χ3n) is 6.59. The topological polar surface area (TPSA) is 9.86 Å². The van der Waals surface area contributed by atoms with Crippen LogP contribution in [0.1, 0.15) is 0 Å². The Morgan fingerprint density at radius 2 is 0.909 bits per heavy atom. The molecule has 0 bridgehead atoms. The third kappa shape index (κ3) is 2.53. The number of benzene rings is 5. The van der Waals surface area contributed by atoms with Gasteiger partial charge in [0.25, 0.3) is 0 Å². The van der Waals surface area contributed by atoms with Gasteiger partial charge in [-0.2, -0.15) is 0 Å². The zero-order chi connectivity index (χ0) is 21.9. The van der Waals surface area contributed by atoms with Gasteiger partial charge in [-0.25, -0.2) is 4.39 Å². The summed E-state index contributed by atoms with van der Waals surface area (Å²) >= 11 is 0. The van der Waals surface area contributed by atoms with Crippen molar-refractivity contribution in [2.75, 3.05) is 0 Å². The predicted octanol–water partition coefficient (Wildman–Crippen LogP) is 8.02. The summed E-state index contributed by atoms with van der Waals surface area (Å²) in [5.74, 6) is -0.230. The van der Waals surface area contributed by atoms with Gasteiger partial charge >= 0.3 is 0 Å². The molecule has 0 atom stereocenters. The Morgan fingerprint density at radius 1 is 0.424 bits per heavy atom. The first-order chi connectivity index (χ1) is 16.3. The van der Waals surface area contributed by atoms with Crippen LogP contribution in [0.2, 0.25) is 0 Å². The van der Waals surface area contributed by atoms with E-state index in [2.05, 4.69) is 83.4 Å². The van der Waals surface area contributed by atoms with E-state index in [1.54, 1.807) is 6.07 Å². The molecule has 0 aliphatic carbocycles. The molecule has 0 fully saturated rings. The summed E-state index contributed by atoms with van der Waals surface area (Å²) in [5, 5.41) is 4.69. The molecule has 0 amide bonds. The first-order valence-electron chi connectivity index (χ1n) is 11.1. The molecule has 33 heavy (non-hydrogen) atoms. The molecule has 0 saturated heterocycles. The second-order valence-electron chi connectivity index (χ2n) is 8.38. The lowest BCUT2D eigenvalue weighted by Crippen LogP contribution is -1.97. The average molecular weight is 426 g/mol. The molecule has 3 heteroatoms. The minimum absolute atomic E-state index is 0.230. The summed E-state index contributed by atoms with van der Waals surface area (Å²) in [6.07, 6.45) is 0. The number of nitrogens with zero attached hydrogens (tertiary/aromatic N) is 2. The van der Waals surface area contributed by atoms with Crippen LogP contribution in [-0.4, -0.2) is 9.13 Å². The first-order valence-corrected chi connectivity index (χ1v) is 11.1. The van der Waals surface area contributed by atoms with Crippen molar-refractivity contribution in [3.63, 3.8) is 0 Å². The van der Waals surface area contributed by atoms with E-state index in [1.165, 1.54) is 27.9 Å². The van der Waals surface area contributed by atoms with Crippen molar-refractivity contribution in [1.29, 1.82) is 0 Å². The molecule has 0 aliphatic rings. The van der Waals surface area contributed by atoms with Crippen LogP contribution in [0.4, 0.5) is 4.39 Å². The number of aromatic nitrogens is 2. The highest BCUT2D eigenvalue weighted by molar-refractivity contribution is 6.12. The van der Waals surface area contributed by atoms with Crippen LogP contribution in [0.5, 0.6) is 0 Å². The number of fused-ring (bicyclic) bond motifs is 6. The average Bonchev–Trinajstić information content (AvgIpc) is 3.37. The van der Waals surface area contributed by atoms with E-state index in [1.807, 2.05) is 28.8 Å². The van der Waals surface area contributed by atoms with Crippen LogP contribution in [0.25, 0.3) is 55.0 Å². The van der Waals surface area contributed by atoms with Crippen LogP contribution in [0.15, 0.2) is 115 Å². The van der Waals surface area contributed by atoms with Crippen molar-refractivity contribution in [2.24, 2.45) is 0 Å². The summed E-state index contributed by atoms with van der Waals surface area (Å²) in [6, 6.07) is 38.7. The second-order valence-corrected chi connectivity index (χ2v) is 8.38. The molecule has 2 heterocycles. The van der Waals surface area contributed by atoms with E-state index in [4.69, 9.17) is 0 Å². The monoisotopic (exact) mass is 426 g/mol. The molecule has 0 spiro atoms. The maximum Gasteiger partial charge on any atom is 0.147 e.